The fourth-order valence-corrected chi connectivity index (χ4v) is 4.58. The molecule has 0 radical (unpaired) electrons. The Balaban J connectivity index is 1.88. The molecule has 1 fully saturated rings. The number of rotatable bonds is 7. The van der Waals surface area contributed by atoms with Crippen molar-refractivity contribution in [1.29, 1.82) is 0 Å². The Hall–Kier alpha value is -0.470. The van der Waals surface area contributed by atoms with Gasteiger partial charge in [-0.2, -0.15) is 11.8 Å². The van der Waals surface area contributed by atoms with Gasteiger partial charge >= 0.3 is 0 Å². The smallest absolute Gasteiger partial charge is 0.0207 e. The highest BCUT2D eigenvalue weighted by Crippen LogP contribution is 2.35. The van der Waals surface area contributed by atoms with Crippen molar-refractivity contribution in [3.8, 4) is 0 Å². The zero-order valence-electron chi connectivity index (χ0n) is 13.0. The molecule has 2 heteroatoms. The minimum Gasteiger partial charge on any atom is -0.313 e. The standard InChI is InChI=1S/C18H29NS/c1-3-12-19-17-11-10-15(4-2)13-18(17)20-14-16-8-6-5-7-9-16/h5-9,15,17-19H,3-4,10-14H2,1-2H3. The molecule has 1 nitrogen and oxygen atoms in total. The Morgan fingerprint density at radius 1 is 1.15 bits per heavy atom. The average molecular weight is 292 g/mol. The average Bonchev–Trinajstić information content (AvgIpc) is 2.52. The third-order valence-electron chi connectivity index (χ3n) is 4.44. The monoisotopic (exact) mass is 291 g/mol. The van der Waals surface area contributed by atoms with E-state index in [4.69, 9.17) is 0 Å². The van der Waals surface area contributed by atoms with Crippen molar-refractivity contribution >= 4 is 11.8 Å². The molecule has 0 aromatic heterocycles. The van der Waals surface area contributed by atoms with Crippen LogP contribution in [0.1, 0.15) is 51.5 Å². The van der Waals surface area contributed by atoms with E-state index in [1.54, 1.807) is 0 Å². The van der Waals surface area contributed by atoms with Crippen molar-refractivity contribution in [2.24, 2.45) is 5.92 Å². The van der Waals surface area contributed by atoms with Crippen LogP contribution in [0.4, 0.5) is 0 Å². The highest BCUT2D eigenvalue weighted by Gasteiger charge is 2.29. The second kappa shape index (κ2) is 8.74. The Morgan fingerprint density at radius 3 is 2.65 bits per heavy atom. The summed E-state index contributed by atoms with van der Waals surface area (Å²) in [4.78, 5) is 0. The summed E-state index contributed by atoms with van der Waals surface area (Å²) in [6.07, 6.45) is 6.77. The van der Waals surface area contributed by atoms with E-state index in [9.17, 15) is 0 Å². The van der Waals surface area contributed by atoms with Crippen LogP contribution in [-0.4, -0.2) is 17.8 Å². The van der Waals surface area contributed by atoms with E-state index < -0.39 is 0 Å². The van der Waals surface area contributed by atoms with Gasteiger partial charge in [-0.1, -0.05) is 50.6 Å². The number of thioether (sulfide) groups is 1. The fraction of sp³-hybridized carbons (Fsp3) is 0.667. The molecule has 1 aromatic carbocycles. The van der Waals surface area contributed by atoms with E-state index in [1.807, 2.05) is 0 Å². The minimum absolute atomic E-state index is 0.728. The highest BCUT2D eigenvalue weighted by molar-refractivity contribution is 7.99. The Kier molecular flexibility index (Phi) is 6.95. The molecule has 0 amide bonds. The second-order valence-corrected chi connectivity index (χ2v) is 7.21. The summed E-state index contributed by atoms with van der Waals surface area (Å²) in [5, 5.41) is 4.57. The van der Waals surface area contributed by atoms with Crippen LogP contribution in [0, 0.1) is 5.92 Å². The molecule has 20 heavy (non-hydrogen) atoms. The molecule has 3 unspecified atom stereocenters. The molecule has 112 valence electrons. The van der Waals surface area contributed by atoms with Crippen LogP contribution in [0.15, 0.2) is 30.3 Å². The third kappa shape index (κ3) is 4.82. The maximum atomic E-state index is 3.78. The molecule has 0 saturated heterocycles. The number of hydrogen-bond donors (Lipinski definition) is 1. The second-order valence-electron chi connectivity index (χ2n) is 5.98. The molecule has 2 rings (SSSR count). The third-order valence-corrected chi connectivity index (χ3v) is 5.89. The van der Waals surface area contributed by atoms with Crippen molar-refractivity contribution < 1.29 is 0 Å². The summed E-state index contributed by atoms with van der Waals surface area (Å²) in [6, 6.07) is 11.6. The van der Waals surface area contributed by atoms with E-state index in [2.05, 4.69) is 61.3 Å². The largest absolute Gasteiger partial charge is 0.313 e. The van der Waals surface area contributed by atoms with Crippen molar-refractivity contribution in [3.63, 3.8) is 0 Å². The summed E-state index contributed by atoms with van der Waals surface area (Å²) < 4.78 is 0. The molecule has 1 N–H and O–H groups in total. The molecule has 0 spiro atoms. The van der Waals surface area contributed by atoms with E-state index >= 15 is 0 Å². The van der Waals surface area contributed by atoms with Crippen molar-refractivity contribution in [3.05, 3.63) is 35.9 Å². The quantitative estimate of drug-likeness (QED) is 0.769. The highest BCUT2D eigenvalue weighted by atomic mass is 32.2. The van der Waals surface area contributed by atoms with E-state index in [0.29, 0.717) is 0 Å². The topological polar surface area (TPSA) is 12.0 Å². The summed E-state index contributed by atoms with van der Waals surface area (Å²) in [6.45, 7) is 5.78. The lowest BCUT2D eigenvalue weighted by Gasteiger charge is -2.36. The Morgan fingerprint density at radius 2 is 1.95 bits per heavy atom. The Labute approximate surface area is 128 Å². The van der Waals surface area contributed by atoms with Crippen LogP contribution < -0.4 is 5.32 Å². The van der Waals surface area contributed by atoms with Gasteiger partial charge in [0.1, 0.15) is 0 Å². The maximum Gasteiger partial charge on any atom is 0.0207 e. The number of benzene rings is 1. The molecule has 1 aliphatic carbocycles. The first-order valence-electron chi connectivity index (χ1n) is 8.22. The summed E-state index contributed by atoms with van der Waals surface area (Å²) in [5.41, 5.74) is 1.46. The summed E-state index contributed by atoms with van der Waals surface area (Å²) in [5.74, 6) is 2.11. The van der Waals surface area contributed by atoms with Crippen molar-refractivity contribution in [2.45, 2.75) is 63.0 Å². The van der Waals surface area contributed by atoms with Gasteiger partial charge in [-0.15, -0.1) is 0 Å². The molecule has 0 heterocycles. The predicted octanol–water partition coefficient (Wildman–Crippen LogP) is 4.87. The Bertz CT molecular complexity index is 365. The van der Waals surface area contributed by atoms with Crippen LogP contribution in [-0.2, 0) is 5.75 Å². The summed E-state index contributed by atoms with van der Waals surface area (Å²) >= 11 is 2.17. The van der Waals surface area contributed by atoms with Gasteiger partial charge in [-0.25, -0.2) is 0 Å². The molecular formula is C18H29NS. The van der Waals surface area contributed by atoms with Gasteiger partial charge in [-0.05, 0) is 43.7 Å². The molecule has 1 saturated carbocycles. The first kappa shape index (κ1) is 15.9. The van der Waals surface area contributed by atoms with Crippen LogP contribution in [0.3, 0.4) is 0 Å². The lowest BCUT2D eigenvalue weighted by molar-refractivity contribution is 0.295. The van der Waals surface area contributed by atoms with Gasteiger partial charge in [0.2, 0.25) is 0 Å². The maximum absolute atomic E-state index is 3.78. The lowest BCUT2D eigenvalue weighted by Crippen LogP contribution is -2.43. The molecule has 1 aliphatic rings. The van der Waals surface area contributed by atoms with Crippen LogP contribution in [0.2, 0.25) is 0 Å². The predicted molar refractivity (Wildman–Crippen MR) is 91.2 cm³/mol. The van der Waals surface area contributed by atoms with Gasteiger partial charge in [0, 0.05) is 17.0 Å². The summed E-state index contributed by atoms with van der Waals surface area (Å²) in [7, 11) is 0. The van der Waals surface area contributed by atoms with Crippen LogP contribution >= 0.6 is 11.8 Å². The molecular weight excluding hydrogens is 262 g/mol. The molecule has 3 atom stereocenters. The normalized spacial score (nSPS) is 26.6. The molecule has 0 aliphatic heterocycles. The number of hydrogen-bond acceptors (Lipinski definition) is 2. The van der Waals surface area contributed by atoms with Gasteiger partial charge in [0.15, 0.2) is 0 Å². The van der Waals surface area contributed by atoms with Crippen molar-refractivity contribution in [2.75, 3.05) is 6.54 Å². The fourth-order valence-electron chi connectivity index (χ4n) is 3.11. The minimum atomic E-state index is 0.728. The lowest BCUT2D eigenvalue weighted by atomic mass is 9.84. The first-order chi connectivity index (χ1) is 9.83. The van der Waals surface area contributed by atoms with Gasteiger partial charge < -0.3 is 5.32 Å². The van der Waals surface area contributed by atoms with Gasteiger partial charge in [0.05, 0.1) is 0 Å². The SMILES string of the molecule is CCCNC1CCC(CC)CC1SCc1ccccc1. The van der Waals surface area contributed by atoms with Crippen molar-refractivity contribution in [1.82, 2.24) is 5.32 Å². The van der Waals surface area contributed by atoms with Gasteiger partial charge in [-0.3, -0.25) is 0 Å². The molecule has 0 bridgehead atoms. The van der Waals surface area contributed by atoms with Crippen LogP contribution in [0.25, 0.3) is 0 Å². The van der Waals surface area contributed by atoms with Crippen LogP contribution in [0.5, 0.6) is 0 Å². The zero-order chi connectivity index (χ0) is 14.2. The van der Waals surface area contributed by atoms with E-state index in [-0.39, 0.29) is 0 Å². The van der Waals surface area contributed by atoms with E-state index in [1.165, 1.54) is 44.2 Å². The molecule has 1 aromatic rings. The van der Waals surface area contributed by atoms with Gasteiger partial charge in [0.25, 0.3) is 0 Å². The zero-order valence-corrected chi connectivity index (χ0v) is 13.8. The van der Waals surface area contributed by atoms with E-state index in [0.717, 1.165) is 23.0 Å². The number of nitrogens with one attached hydrogen (secondary N) is 1. The first-order valence-corrected chi connectivity index (χ1v) is 9.27.